The third-order valence-electron chi connectivity index (χ3n) is 7.87. The molecule has 3 heterocycles. The van der Waals surface area contributed by atoms with Gasteiger partial charge in [0.25, 0.3) is 5.91 Å². The monoisotopic (exact) mass is 443 g/mol. The fourth-order valence-electron chi connectivity index (χ4n) is 5.55. The lowest BCUT2D eigenvalue weighted by atomic mass is 9.91. The summed E-state index contributed by atoms with van der Waals surface area (Å²) in [6.45, 7) is 8.58. The van der Waals surface area contributed by atoms with Crippen molar-refractivity contribution in [1.29, 1.82) is 0 Å². The van der Waals surface area contributed by atoms with E-state index in [1.165, 1.54) is 41.9 Å². The Hall–Kier alpha value is -2.86. The maximum Gasteiger partial charge on any atom is 0.253 e. The van der Waals surface area contributed by atoms with Crippen molar-refractivity contribution in [1.82, 2.24) is 19.4 Å². The second-order valence-corrected chi connectivity index (χ2v) is 9.87. The van der Waals surface area contributed by atoms with Crippen molar-refractivity contribution in [3.63, 3.8) is 0 Å². The fraction of sp³-hybridized carbons (Fsp3) is 0.481. The number of carbonyl (C=O) groups is 1. The van der Waals surface area contributed by atoms with E-state index >= 15 is 0 Å². The van der Waals surface area contributed by atoms with E-state index in [0.717, 1.165) is 69.4 Å². The third-order valence-corrected chi connectivity index (χ3v) is 7.87. The van der Waals surface area contributed by atoms with Gasteiger partial charge in [0, 0.05) is 69.5 Å². The van der Waals surface area contributed by atoms with Crippen molar-refractivity contribution in [3.05, 3.63) is 59.4 Å². The Morgan fingerprint density at radius 1 is 0.909 bits per heavy atom. The fourth-order valence-corrected chi connectivity index (χ4v) is 5.55. The zero-order valence-electron chi connectivity index (χ0n) is 19.5. The minimum absolute atomic E-state index is 0.138. The van der Waals surface area contributed by atoms with Crippen molar-refractivity contribution >= 4 is 22.6 Å². The highest BCUT2D eigenvalue weighted by Gasteiger charge is 2.28. The highest BCUT2D eigenvalue weighted by Crippen LogP contribution is 2.29. The molecule has 33 heavy (non-hydrogen) atoms. The number of piperazine rings is 1. The van der Waals surface area contributed by atoms with Gasteiger partial charge in [0.15, 0.2) is 0 Å². The Morgan fingerprint density at radius 2 is 1.70 bits per heavy atom. The van der Waals surface area contributed by atoms with E-state index in [9.17, 15) is 4.79 Å². The molecule has 0 N–H and O–H groups in total. The van der Waals surface area contributed by atoms with Gasteiger partial charge < -0.3 is 14.4 Å². The summed E-state index contributed by atoms with van der Waals surface area (Å²) in [6.07, 6.45) is 5.18. The zero-order chi connectivity index (χ0) is 22.4. The van der Waals surface area contributed by atoms with Crippen molar-refractivity contribution in [2.45, 2.75) is 45.2 Å². The Labute approximate surface area is 195 Å². The first kappa shape index (κ1) is 20.7. The first-order valence-electron chi connectivity index (χ1n) is 12.5. The number of rotatable bonds is 3. The SMILES string of the molecule is Cc1ccc(C(=O)N2CCN(c3ccc4c(c3)nc3n4CCN(C4CCC4)CC3)CC2)cc1. The van der Waals surface area contributed by atoms with Crippen molar-refractivity contribution < 1.29 is 4.79 Å². The summed E-state index contributed by atoms with van der Waals surface area (Å²) in [5.74, 6) is 1.37. The van der Waals surface area contributed by atoms with Crippen LogP contribution in [0.3, 0.4) is 0 Å². The molecule has 6 rings (SSSR count). The van der Waals surface area contributed by atoms with Crippen LogP contribution in [-0.4, -0.2) is 70.6 Å². The lowest BCUT2D eigenvalue weighted by Gasteiger charge is -2.36. The standard InChI is InChI=1S/C27H33N5O/c1-20-5-7-21(8-6-20)27(33)31-15-13-30(14-16-31)23-9-10-25-24(19-23)28-26-11-12-29(17-18-32(25)26)22-3-2-4-22/h5-10,19,22H,2-4,11-18H2,1H3. The molecule has 3 aromatic rings. The van der Waals surface area contributed by atoms with Gasteiger partial charge in [0.05, 0.1) is 11.0 Å². The van der Waals surface area contributed by atoms with E-state index in [4.69, 9.17) is 4.98 Å². The van der Waals surface area contributed by atoms with Crippen LogP contribution >= 0.6 is 0 Å². The number of imidazole rings is 1. The van der Waals surface area contributed by atoms with Crippen LogP contribution in [0.5, 0.6) is 0 Å². The topological polar surface area (TPSA) is 44.6 Å². The van der Waals surface area contributed by atoms with Crippen LogP contribution in [0.4, 0.5) is 5.69 Å². The Morgan fingerprint density at radius 3 is 2.42 bits per heavy atom. The number of amides is 1. The number of carbonyl (C=O) groups excluding carboxylic acids is 1. The van der Waals surface area contributed by atoms with Crippen molar-refractivity contribution in [2.24, 2.45) is 0 Å². The number of anilines is 1. The molecule has 1 aliphatic carbocycles. The Kier molecular flexibility index (Phi) is 5.33. The molecule has 0 radical (unpaired) electrons. The van der Waals surface area contributed by atoms with Crippen molar-refractivity contribution in [3.8, 4) is 0 Å². The van der Waals surface area contributed by atoms with Gasteiger partial charge in [-0.15, -0.1) is 0 Å². The van der Waals surface area contributed by atoms with E-state index in [-0.39, 0.29) is 5.91 Å². The molecule has 1 saturated carbocycles. The van der Waals surface area contributed by atoms with Gasteiger partial charge in [-0.05, 0) is 50.1 Å². The van der Waals surface area contributed by atoms with Crippen LogP contribution in [0.1, 0.15) is 41.0 Å². The highest BCUT2D eigenvalue weighted by atomic mass is 16.2. The van der Waals surface area contributed by atoms with Crippen LogP contribution in [0.2, 0.25) is 0 Å². The Bertz CT molecular complexity index is 1160. The number of hydrogen-bond donors (Lipinski definition) is 0. The summed E-state index contributed by atoms with van der Waals surface area (Å²) in [5.41, 5.74) is 5.55. The van der Waals surface area contributed by atoms with Crippen molar-refractivity contribution in [2.75, 3.05) is 44.2 Å². The first-order valence-corrected chi connectivity index (χ1v) is 12.5. The minimum Gasteiger partial charge on any atom is -0.368 e. The number of nitrogens with zero attached hydrogens (tertiary/aromatic N) is 5. The molecule has 3 aliphatic rings. The molecule has 0 bridgehead atoms. The summed E-state index contributed by atoms with van der Waals surface area (Å²) in [4.78, 5) is 24.9. The first-order chi connectivity index (χ1) is 16.2. The van der Waals surface area contributed by atoms with Gasteiger partial charge in [-0.3, -0.25) is 9.69 Å². The predicted molar refractivity (Wildman–Crippen MR) is 132 cm³/mol. The highest BCUT2D eigenvalue weighted by molar-refractivity contribution is 5.94. The lowest BCUT2D eigenvalue weighted by molar-refractivity contribution is 0.0747. The largest absolute Gasteiger partial charge is 0.368 e. The van der Waals surface area contributed by atoms with Crippen LogP contribution in [0, 0.1) is 6.92 Å². The molecule has 172 valence electrons. The molecular weight excluding hydrogens is 410 g/mol. The van der Waals surface area contributed by atoms with E-state index in [2.05, 4.69) is 32.6 Å². The van der Waals surface area contributed by atoms with Gasteiger partial charge in [0.2, 0.25) is 0 Å². The van der Waals surface area contributed by atoms with Crippen LogP contribution in [0.15, 0.2) is 42.5 Å². The smallest absolute Gasteiger partial charge is 0.253 e. The quantitative estimate of drug-likeness (QED) is 0.619. The second kappa shape index (κ2) is 8.49. The van der Waals surface area contributed by atoms with E-state index < -0.39 is 0 Å². The van der Waals surface area contributed by atoms with Gasteiger partial charge in [-0.25, -0.2) is 4.98 Å². The van der Waals surface area contributed by atoms with E-state index in [0.29, 0.717) is 0 Å². The van der Waals surface area contributed by atoms with Crippen LogP contribution in [-0.2, 0) is 13.0 Å². The molecule has 1 aromatic heterocycles. The molecular formula is C27H33N5O. The summed E-state index contributed by atoms with van der Waals surface area (Å²) >= 11 is 0. The molecule has 1 saturated heterocycles. The summed E-state index contributed by atoms with van der Waals surface area (Å²) in [7, 11) is 0. The molecule has 6 heteroatoms. The molecule has 2 fully saturated rings. The molecule has 2 aromatic carbocycles. The van der Waals surface area contributed by atoms with E-state index in [1.54, 1.807) is 0 Å². The average molecular weight is 444 g/mol. The maximum atomic E-state index is 12.8. The number of fused-ring (bicyclic) bond motifs is 3. The van der Waals surface area contributed by atoms with Gasteiger partial charge in [-0.1, -0.05) is 24.1 Å². The molecule has 1 amide bonds. The normalized spacial score (nSPS) is 19.9. The summed E-state index contributed by atoms with van der Waals surface area (Å²) in [5, 5.41) is 0. The molecule has 2 aliphatic heterocycles. The molecule has 0 unspecified atom stereocenters. The number of aromatic nitrogens is 2. The zero-order valence-corrected chi connectivity index (χ0v) is 19.5. The third kappa shape index (κ3) is 3.90. The number of hydrogen-bond acceptors (Lipinski definition) is 4. The average Bonchev–Trinajstić information content (AvgIpc) is 3.04. The van der Waals surface area contributed by atoms with Crippen LogP contribution < -0.4 is 4.90 Å². The predicted octanol–water partition coefficient (Wildman–Crippen LogP) is 3.72. The number of aryl methyl sites for hydroxylation is 1. The van der Waals surface area contributed by atoms with Gasteiger partial charge >= 0.3 is 0 Å². The summed E-state index contributed by atoms with van der Waals surface area (Å²) in [6, 6.07) is 15.4. The van der Waals surface area contributed by atoms with Crippen LogP contribution in [0.25, 0.3) is 11.0 Å². The second-order valence-electron chi connectivity index (χ2n) is 9.87. The molecule has 0 spiro atoms. The Balaban J connectivity index is 1.13. The molecule has 6 nitrogen and oxygen atoms in total. The van der Waals surface area contributed by atoms with Gasteiger partial charge in [0.1, 0.15) is 5.82 Å². The maximum absolute atomic E-state index is 12.8. The molecule has 0 atom stereocenters. The lowest BCUT2D eigenvalue weighted by Crippen LogP contribution is -2.48. The summed E-state index contributed by atoms with van der Waals surface area (Å²) < 4.78 is 2.44. The minimum atomic E-state index is 0.138. The van der Waals surface area contributed by atoms with E-state index in [1.807, 2.05) is 36.1 Å². The van der Waals surface area contributed by atoms with Gasteiger partial charge in [-0.2, -0.15) is 0 Å². The number of benzene rings is 2.